The lowest BCUT2D eigenvalue weighted by atomic mass is 10.1. The molecule has 1 fully saturated rings. The summed E-state index contributed by atoms with van der Waals surface area (Å²) in [5, 5.41) is 0. The first-order chi connectivity index (χ1) is 13.4. The van der Waals surface area contributed by atoms with Gasteiger partial charge >= 0.3 is 0 Å². The topological polar surface area (TPSA) is 95.6 Å². The summed E-state index contributed by atoms with van der Waals surface area (Å²) in [5.74, 6) is -1.03. The molecular formula is C20H23N3O4S. The van der Waals surface area contributed by atoms with Gasteiger partial charge < -0.3 is 0 Å². The van der Waals surface area contributed by atoms with Gasteiger partial charge in [0, 0.05) is 24.2 Å². The number of nitrogens with zero attached hydrogens (tertiary/aromatic N) is 1. The molecule has 1 saturated heterocycles. The number of hydrogen-bond donors (Lipinski definition) is 2. The molecule has 8 heteroatoms. The maximum atomic E-state index is 12.8. The second-order valence-electron chi connectivity index (χ2n) is 6.72. The lowest BCUT2D eigenvalue weighted by Gasteiger charge is -2.26. The second kappa shape index (κ2) is 8.53. The van der Waals surface area contributed by atoms with Crippen molar-refractivity contribution in [2.75, 3.05) is 13.1 Å². The Bertz CT molecular complexity index is 968. The van der Waals surface area contributed by atoms with Gasteiger partial charge in [-0.1, -0.05) is 30.7 Å². The molecule has 0 unspecified atom stereocenters. The molecule has 0 radical (unpaired) electrons. The SMILES string of the molecule is Cc1ccc(S(=O)(=O)N2CCCCC2)cc1C(=O)NNC(=O)c1ccccc1. The summed E-state index contributed by atoms with van der Waals surface area (Å²) in [4.78, 5) is 24.7. The summed E-state index contributed by atoms with van der Waals surface area (Å²) in [6.45, 7) is 2.70. The molecule has 28 heavy (non-hydrogen) atoms. The summed E-state index contributed by atoms with van der Waals surface area (Å²) in [6, 6.07) is 12.9. The molecule has 1 aliphatic rings. The van der Waals surface area contributed by atoms with Crippen LogP contribution in [0.25, 0.3) is 0 Å². The molecule has 1 heterocycles. The van der Waals surface area contributed by atoms with E-state index in [0.29, 0.717) is 24.2 Å². The van der Waals surface area contributed by atoms with Gasteiger partial charge in [0.25, 0.3) is 11.8 Å². The van der Waals surface area contributed by atoms with E-state index in [2.05, 4.69) is 10.9 Å². The van der Waals surface area contributed by atoms with E-state index in [9.17, 15) is 18.0 Å². The maximum Gasteiger partial charge on any atom is 0.270 e. The molecule has 0 saturated carbocycles. The molecule has 0 atom stereocenters. The second-order valence-corrected chi connectivity index (χ2v) is 8.65. The summed E-state index contributed by atoms with van der Waals surface area (Å²) < 4.78 is 27.2. The Balaban J connectivity index is 1.75. The van der Waals surface area contributed by atoms with Crippen molar-refractivity contribution in [2.45, 2.75) is 31.1 Å². The van der Waals surface area contributed by atoms with Crippen LogP contribution >= 0.6 is 0 Å². The van der Waals surface area contributed by atoms with Gasteiger partial charge in [0.15, 0.2) is 0 Å². The third-order valence-corrected chi connectivity index (χ3v) is 6.63. The van der Waals surface area contributed by atoms with Gasteiger partial charge in [0.1, 0.15) is 0 Å². The first kappa shape index (κ1) is 20.0. The summed E-state index contributed by atoms with van der Waals surface area (Å²) in [5.41, 5.74) is 5.92. The quantitative estimate of drug-likeness (QED) is 0.768. The number of benzene rings is 2. The fraction of sp³-hybridized carbons (Fsp3) is 0.300. The zero-order chi connectivity index (χ0) is 20.1. The summed E-state index contributed by atoms with van der Waals surface area (Å²) >= 11 is 0. The molecule has 2 N–H and O–H groups in total. The highest BCUT2D eigenvalue weighted by atomic mass is 32.2. The molecule has 0 bridgehead atoms. The molecule has 2 amide bonds. The smallest absolute Gasteiger partial charge is 0.267 e. The van der Waals surface area contributed by atoms with Gasteiger partial charge in [-0.05, 0) is 49.6 Å². The van der Waals surface area contributed by atoms with Crippen LogP contribution < -0.4 is 10.9 Å². The van der Waals surface area contributed by atoms with E-state index in [-0.39, 0.29) is 10.5 Å². The number of hydrogen-bond acceptors (Lipinski definition) is 4. The number of hydrazine groups is 1. The van der Waals surface area contributed by atoms with Crippen LogP contribution in [0.15, 0.2) is 53.4 Å². The third-order valence-electron chi connectivity index (χ3n) is 4.73. The highest BCUT2D eigenvalue weighted by molar-refractivity contribution is 7.89. The largest absolute Gasteiger partial charge is 0.270 e. The number of amides is 2. The molecule has 0 spiro atoms. The molecule has 3 rings (SSSR count). The van der Waals surface area contributed by atoms with E-state index in [0.717, 1.165) is 19.3 Å². The zero-order valence-electron chi connectivity index (χ0n) is 15.6. The average Bonchev–Trinajstić information content (AvgIpc) is 2.73. The van der Waals surface area contributed by atoms with Gasteiger partial charge in [-0.25, -0.2) is 8.42 Å². The van der Waals surface area contributed by atoms with E-state index in [1.807, 2.05) is 0 Å². The van der Waals surface area contributed by atoms with E-state index < -0.39 is 21.8 Å². The number of carbonyl (C=O) groups is 2. The number of sulfonamides is 1. The molecule has 0 aromatic heterocycles. The van der Waals surface area contributed by atoms with Crippen LogP contribution in [0, 0.1) is 6.92 Å². The average molecular weight is 401 g/mol. The minimum Gasteiger partial charge on any atom is -0.267 e. The molecular weight excluding hydrogens is 378 g/mol. The Morgan fingerprint density at radius 2 is 1.54 bits per heavy atom. The highest BCUT2D eigenvalue weighted by Gasteiger charge is 2.27. The van der Waals surface area contributed by atoms with Crippen LogP contribution in [-0.4, -0.2) is 37.6 Å². The monoisotopic (exact) mass is 401 g/mol. The first-order valence-corrected chi connectivity index (χ1v) is 10.6. The van der Waals surface area contributed by atoms with E-state index >= 15 is 0 Å². The number of carbonyl (C=O) groups excluding carboxylic acids is 2. The first-order valence-electron chi connectivity index (χ1n) is 9.16. The normalized spacial score (nSPS) is 15.0. The third kappa shape index (κ3) is 4.40. The van der Waals surface area contributed by atoms with Crippen LogP contribution in [0.5, 0.6) is 0 Å². The number of rotatable bonds is 4. The van der Waals surface area contributed by atoms with Crippen molar-refractivity contribution in [2.24, 2.45) is 0 Å². The number of piperidine rings is 1. The van der Waals surface area contributed by atoms with Crippen molar-refractivity contribution in [3.63, 3.8) is 0 Å². The zero-order valence-corrected chi connectivity index (χ0v) is 16.5. The van der Waals surface area contributed by atoms with Crippen molar-refractivity contribution >= 4 is 21.8 Å². The Morgan fingerprint density at radius 1 is 0.893 bits per heavy atom. The minimum absolute atomic E-state index is 0.0829. The Morgan fingerprint density at radius 3 is 2.21 bits per heavy atom. The van der Waals surface area contributed by atoms with Gasteiger partial charge in [0.2, 0.25) is 10.0 Å². The lowest BCUT2D eigenvalue weighted by Crippen LogP contribution is -2.42. The predicted molar refractivity (Wildman–Crippen MR) is 105 cm³/mol. The van der Waals surface area contributed by atoms with Crippen molar-refractivity contribution in [1.29, 1.82) is 0 Å². The van der Waals surface area contributed by atoms with Crippen molar-refractivity contribution in [3.8, 4) is 0 Å². The number of aryl methyl sites for hydroxylation is 1. The molecule has 148 valence electrons. The van der Waals surface area contributed by atoms with Crippen LogP contribution in [0.3, 0.4) is 0 Å². The van der Waals surface area contributed by atoms with E-state index in [1.165, 1.54) is 16.4 Å². The Hall–Kier alpha value is -2.71. The maximum absolute atomic E-state index is 12.8. The molecule has 1 aliphatic heterocycles. The van der Waals surface area contributed by atoms with Gasteiger partial charge in [-0.15, -0.1) is 0 Å². The van der Waals surface area contributed by atoms with Crippen LogP contribution in [-0.2, 0) is 10.0 Å². The van der Waals surface area contributed by atoms with Crippen LogP contribution in [0.4, 0.5) is 0 Å². The van der Waals surface area contributed by atoms with Crippen molar-refractivity contribution in [1.82, 2.24) is 15.2 Å². The Labute approximate surface area is 164 Å². The van der Waals surface area contributed by atoms with Gasteiger partial charge in [-0.3, -0.25) is 20.4 Å². The minimum atomic E-state index is -3.64. The van der Waals surface area contributed by atoms with Crippen LogP contribution in [0.2, 0.25) is 0 Å². The summed E-state index contributed by atoms with van der Waals surface area (Å²) in [7, 11) is -3.64. The van der Waals surface area contributed by atoms with E-state index in [1.54, 1.807) is 43.3 Å². The lowest BCUT2D eigenvalue weighted by molar-refractivity contribution is 0.0846. The standard InChI is InChI=1S/C20H23N3O4S/c1-15-10-11-17(28(26,27)23-12-6-3-7-13-23)14-18(15)20(25)22-21-19(24)16-8-4-2-5-9-16/h2,4-5,8-11,14H,3,6-7,12-13H2,1H3,(H,21,24)(H,22,25). The molecule has 7 nitrogen and oxygen atoms in total. The summed E-state index contributed by atoms with van der Waals surface area (Å²) in [6.07, 6.45) is 2.70. The molecule has 2 aromatic carbocycles. The van der Waals surface area contributed by atoms with Crippen molar-refractivity contribution in [3.05, 3.63) is 65.2 Å². The number of nitrogens with one attached hydrogen (secondary N) is 2. The van der Waals surface area contributed by atoms with Crippen LogP contribution in [0.1, 0.15) is 45.5 Å². The van der Waals surface area contributed by atoms with Gasteiger partial charge in [0.05, 0.1) is 4.90 Å². The molecule has 0 aliphatic carbocycles. The highest BCUT2D eigenvalue weighted by Crippen LogP contribution is 2.22. The Kier molecular flexibility index (Phi) is 6.11. The van der Waals surface area contributed by atoms with E-state index in [4.69, 9.17) is 0 Å². The fourth-order valence-electron chi connectivity index (χ4n) is 3.10. The fourth-order valence-corrected chi connectivity index (χ4v) is 4.65. The van der Waals surface area contributed by atoms with Gasteiger partial charge in [-0.2, -0.15) is 4.31 Å². The van der Waals surface area contributed by atoms with Crippen molar-refractivity contribution < 1.29 is 18.0 Å². The predicted octanol–water partition coefficient (Wildman–Crippen LogP) is 2.24. The molecule has 2 aromatic rings.